The largest absolute Gasteiger partial charge is 0.358 e. The van der Waals surface area contributed by atoms with Gasteiger partial charge in [0.25, 0.3) is 5.91 Å². The second-order valence-electron chi connectivity index (χ2n) is 5.73. The van der Waals surface area contributed by atoms with Crippen LogP contribution in [0.25, 0.3) is 10.9 Å². The van der Waals surface area contributed by atoms with Crippen LogP contribution in [-0.4, -0.2) is 16.7 Å². The summed E-state index contributed by atoms with van der Waals surface area (Å²) in [6, 6.07) is 14.6. The lowest BCUT2D eigenvalue weighted by Gasteiger charge is -2.23. The maximum absolute atomic E-state index is 12.6. The van der Waals surface area contributed by atoms with Gasteiger partial charge in [-0.2, -0.15) is 5.10 Å². The van der Waals surface area contributed by atoms with Gasteiger partial charge in [-0.1, -0.05) is 29.8 Å². The number of carbonyl (C=O) groups excluding carboxylic acids is 1. The van der Waals surface area contributed by atoms with Gasteiger partial charge in [-0.25, -0.2) is 0 Å². The molecule has 120 valence electrons. The topological polar surface area (TPSA) is 69.3 Å². The Morgan fingerprint density at radius 3 is 2.58 bits per heavy atom. The monoisotopic (exact) mass is 338 g/mol. The predicted molar refractivity (Wildman–Crippen MR) is 95.0 cm³/mol. The number of rotatable bonds is 2. The van der Waals surface area contributed by atoms with Crippen LogP contribution in [0.5, 0.6) is 0 Å². The highest BCUT2D eigenvalue weighted by Gasteiger charge is 2.29. The fourth-order valence-electron chi connectivity index (χ4n) is 3.01. The SMILES string of the molecule is Cc1[nH]c2ccccc2c1C1NN=C(c2ccc(Cl)cc2)NC1=O. The average molecular weight is 339 g/mol. The molecule has 5 nitrogen and oxygen atoms in total. The molecule has 24 heavy (non-hydrogen) atoms. The number of aromatic amines is 1. The Labute approximate surface area is 143 Å². The molecule has 1 aliphatic heterocycles. The molecule has 1 unspecified atom stereocenters. The zero-order chi connectivity index (χ0) is 16.7. The number of aryl methyl sites for hydroxylation is 1. The number of carbonyl (C=O) groups is 1. The van der Waals surface area contributed by atoms with E-state index < -0.39 is 6.04 Å². The number of hydrogen-bond donors (Lipinski definition) is 3. The van der Waals surface area contributed by atoms with Crippen LogP contribution in [0, 0.1) is 6.92 Å². The first-order valence-electron chi connectivity index (χ1n) is 7.61. The van der Waals surface area contributed by atoms with Gasteiger partial charge in [-0.05, 0) is 37.3 Å². The van der Waals surface area contributed by atoms with E-state index >= 15 is 0 Å². The van der Waals surface area contributed by atoms with Crippen molar-refractivity contribution in [1.29, 1.82) is 0 Å². The highest BCUT2D eigenvalue weighted by atomic mass is 35.5. The van der Waals surface area contributed by atoms with Crippen LogP contribution >= 0.6 is 11.6 Å². The molecule has 0 fully saturated rings. The average Bonchev–Trinajstić information content (AvgIpc) is 2.91. The smallest absolute Gasteiger partial charge is 0.254 e. The Balaban J connectivity index is 1.70. The minimum Gasteiger partial charge on any atom is -0.358 e. The second-order valence-corrected chi connectivity index (χ2v) is 6.16. The molecular formula is C18H15ClN4O. The van der Waals surface area contributed by atoms with Gasteiger partial charge in [-0.15, -0.1) is 0 Å². The third-order valence-corrected chi connectivity index (χ3v) is 4.41. The molecule has 3 N–H and O–H groups in total. The molecule has 6 heteroatoms. The highest BCUT2D eigenvalue weighted by molar-refractivity contribution is 6.30. The summed E-state index contributed by atoms with van der Waals surface area (Å²) in [4.78, 5) is 16.0. The number of halogens is 1. The van der Waals surface area contributed by atoms with Gasteiger partial charge >= 0.3 is 0 Å². The van der Waals surface area contributed by atoms with Crippen molar-refractivity contribution in [2.75, 3.05) is 0 Å². The molecule has 1 atom stereocenters. The summed E-state index contributed by atoms with van der Waals surface area (Å²) < 4.78 is 0. The zero-order valence-corrected chi connectivity index (χ0v) is 13.7. The number of nitrogens with one attached hydrogen (secondary N) is 3. The summed E-state index contributed by atoms with van der Waals surface area (Å²) in [5.41, 5.74) is 6.67. The number of hydrogen-bond acceptors (Lipinski definition) is 3. The first-order chi connectivity index (χ1) is 11.6. The number of nitrogens with zero attached hydrogens (tertiary/aromatic N) is 1. The Bertz CT molecular complexity index is 959. The molecule has 0 saturated carbocycles. The minimum atomic E-state index is -0.530. The summed E-state index contributed by atoms with van der Waals surface area (Å²) in [5, 5.41) is 8.88. The van der Waals surface area contributed by atoms with E-state index in [0.29, 0.717) is 10.9 Å². The minimum absolute atomic E-state index is 0.136. The van der Waals surface area contributed by atoms with Crippen LogP contribution in [0.1, 0.15) is 22.9 Å². The van der Waals surface area contributed by atoms with E-state index in [1.807, 2.05) is 43.3 Å². The van der Waals surface area contributed by atoms with E-state index in [1.165, 1.54) is 0 Å². The lowest BCUT2D eigenvalue weighted by molar-refractivity contribution is -0.122. The van der Waals surface area contributed by atoms with Gasteiger partial charge in [0, 0.05) is 32.7 Å². The predicted octanol–water partition coefficient (Wildman–Crippen LogP) is 3.25. The number of amides is 1. The molecule has 3 aromatic rings. The molecule has 2 heterocycles. The maximum atomic E-state index is 12.6. The third kappa shape index (κ3) is 2.43. The molecule has 4 rings (SSSR count). The van der Waals surface area contributed by atoms with Crippen molar-refractivity contribution in [2.24, 2.45) is 5.10 Å². The molecular weight excluding hydrogens is 324 g/mol. The van der Waals surface area contributed by atoms with Gasteiger partial charge in [0.15, 0.2) is 11.9 Å². The molecule has 1 aliphatic rings. The molecule has 0 radical (unpaired) electrons. The van der Waals surface area contributed by atoms with E-state index in [2.05, 4.69) is 20.8 Å². The van der Waals surface area contributed by atoms with Gasteiger partial charge in [0.2, 0.25) is 0 Å². The summed E-state index contributed by atoms with van der Waals surface area (Å²) >= 11 is 5.90. The van der Waals surface area contributed by atoms with Gasteiger partial charge in [-0.3, -0.25) is 10.2 Å². The van der Waals surface area contributed by atoms with Crippen molar-refractivity contribution < 1.29 is 4.79 Å². The lowest BCUT2D eigenvalue weighted by Crippen LogP contribution is -2.45. The number of hydrazone groups is 1. The fourth-order valence-corrected chi connectivity index (χ4v) is 3.14. The Kier molecular flexibility index (Phi) is 3.50. The van der Waals surface area contributed by atoms with Crippen molar-refractivity contribution >= 4 is 34.2 Å². The lowest BCUT2D eigenvalue weighted by atomic mass is 10.0. The van der Waals surface area contributed by atoms with Crippen molar-refractivity contribution in [3.63, 3.8) is 0 Å². The van der Waals surface area contributed by atoms with Gasteiger partial charge < -0.3 is 10.3 Å². The Hall–Kier alpha value is -2.79. The van der Waals surface area contributed by atoms with Gasteiger partial charge in [0.1, 0.15) is 0 Å². The summed E-state index contributed by atoms with van der Waals surface area (Å²) in [5.74, 6) is 0.355. The Morgan fingerprint density at radius 1 is 1.08 bits per heavy atom. The molecule has 1 aromatic heterocycles. The first-order valence-corrected chi connectivity index (χ1v) is 7.98. The van der Waals surface area contributed by atoms with Gasteiger partial charge in [0.05, 0.1) is 0 Å². The quantitative estimate of drug-likeness (QED) is 0.671. The zero-order valence-electron chi connectivity index (χ0n) is 12.9. The van der Waals surface area contributed by atoms with Crippen LogP contribution in [0.4, 0.5) is 0 Å². The van der Waals surface area contributed by atoms with E-state index in [-0.39, 0.29) is 5.91 Å². The molecule has 0 aliphatic carbocycles. The Morgan fingerprint density at radius 2 is 1.83 bits per heavy atom. The van der Waals surface area contributed by atoms with Crippen molar-refractivity contribution in [3.8, 4) is 0 Å². The van der Waals surface area contributed by atoms with Crippen LogP contribution in [0.3, 0.4) is 0 Å². The van der Waals surface area contributed by atoms with Crippen molar-refractivity contribution in [1.82, 2.24) is 15.7 Å². The van der Waals surface area contributed by atoms with E-state index in [1.54, 1.807) is 12.1 Å². The van der Waals surface area contributed by atoms with E-state index in [4.69, 9.17) is 11.6 Å². The summed E-state index contributed by atoms with van der Waals surface area (Å²) in [6.07, 6.45) is 0. The second kappa shape index (κ2) is 5.69. The maximum Gasteiger partial charge on any atom is 0.254 e. The number of H-pyrrole nitrogens is 1. The van der Waals surface area contributed by atoms with Crippen LogP contribution in [0.15, 0.2) is 53.6 Å². The third-order valence-electron chi connectivity index (χ3n) is 4.16. The molecule has 2 aromatic carbocycles. The van der Waals surface area contributed by atoms with Crippen LogP contribution in [-0.2, 0) is 4.79 Å². The summed E-state index contributed by atoms with van der Waals surface area (Å²) in [6.45, 7) is 1.96. The fraction of sp³-hybridized carbons (Fsp3) is 0.111. The number of amidine groups is 1. The molecule has 0 bridgehead atoms. The van der Waals surface area contributed by atoms with Crippen molar-refractivity contribution in [2.45, 2.75) is 13.0 Å². The standard InChI is InChI=1S/C18H15ClN4O/c1-10-15(13-4-2-3-5-14(13)20-10)16-18(24)21-17(23-22-16)11-6-8-12(19)9-7-11/h2-9,16,20,22H,1H3,(H,21,23,24). The number of fused-ring (bicyclic) bond motifs is 1. The summed E-state index contributed by atoms with van der Waals surface area (Å²) in [7, 11) is 0. The number of benzene rings is 2. The first kappa shape index (κ1) is 14.8. The number of aromatic nitrogens is 1. The van der Waals surface area contributed by atoms with Crippen LogP contribution in [0.2, 0.25) is 5.02 Å². The number of para-hydroxylation sites is 1. The molecule has 0 saturated heterocycles. The molecule has 0 spiro atoms. The normalized spacial score (nSPS) is 17.3. The van der Waals surface area contributed by atoms with Crippen LogP contribution < -0.4 is 10.7 Å². The molecule has 1 amide bonds. The van der Waals surface area contributed by atoms with Crippen molar-refractivity contribution in [3.05, 3.63) is 70.4 Å². The van der Waals surface area contributed by atoms with E-state index in [9.17, 15) is 4.79 Å². The van der Waals surface area contributed by atoms with E-state index in [0.717, 1.165) is 27.7 Å². The highest BCUT2D eigenvalue weighted by Crippen LogP contribution is 2.29.